The minimum Gasteiger partial charge on any atom is -0.373 e. The Bertz CT molecular complexity index is 423. The van der Waals surface area contributed by atoms with Gasteiger partial charge in [0.25, 0.3) is 5.69 Å². The van der Waals surface area contributed by atoms with Gasteiger partial charge in [0.15, 0.2) is 0 Å². The Morgan fingerprint density at radius 3 is 2.50 bits per heavy atom. The number of nitrogens with zero attached hydrogens (tertiary/aromatic N) is 2. The smallest absolute Gasteiger partial charge is 0.276 e. The molecule has 1 aromatic rings. The van der Waals surface area contributed by atoms with Crippen molar-refractivity contribution < 1.29 is 4.92 Å². The zero-order valence-corrected chi connectivity index (χ0v) is 11.2. The molecule has 0 radical (unpaired) electrons. The molecule has 0 aliphatic heterocycles. The third kappa shape index (κ3) is 3.58. The van der Waals surface area contributed by atoms with Crippen LogP contribution in [0.2, 0.25) is 0 Å². The summed E-state index contributed by atoms with van der Waals surface area (Å²) in [6.45, 7) is 6.30. The second-order valence-corrected chi connectivity index (χ2v) is 4.42. The number of anilines is 2. The number of nitro groups is 1. The maximum atomic E-state index is 10.8. The monoisotopic (exact) mass is 252 g/mol. The normalized spacial score (nSPS) is 13.8. The van der Waals surface area contributed by atoms with Crippen LogP contribution < -0.4 is 10.6 Å². The fraction of sp³-hybridized carbons (Fsp3) is 0.583. The zero-order valence-electron chi connectivity index (χ0n) is 11.2. The third-order valence-corrected chi connectivity index (χ3v) is 3.15. The van der Waals surface area contributed by atoms with Gasteiger partial charge in [0, 0.05) is 13.1 Å². The highest BCUT2D eigenvalue weighted by Gasteiger charge is 2.14. The van der Waals surface area contributed by atoms with Crippen LogP contribution in [0.15, 0.2) is 12.1 Å². The van der Waals surface area contributed by atoms with E-state index in [1.54, 1.807) is 7.05 Å². The molecule has 0 saturated carbocycles. The lowest BCUT2D eigenvalue weighted by atomic mass is 10.0. The van der Waals surface area contributed by atoms with Crippen molar-refractivity contribution in [1.82, 2.24) is 4.98 Å². The van der Waals surface area contributed by atoms with Gasteiger partial charge in [-0.05, 0) is 12.8 Å². The van der Waals surface area contributed by atoms with Crippen molar-refractivity contribution >= 4 is 17.3 Å². The van der Waals surface area contributed by atoms with Crippen molar-refractivity contribution in [3.8, 4) is 0 Å². The Morgan fingerprint density at radius 1 is 1.39 bits per heavy atom. The highest BCUT2D eigenvalue weighted by atomic mass is 16.6. The highest BCUT2D eigenvalue weighted by Crippen LogP contribution is 2.22. The minimum atomic E-state index is -0.415. The number of pyridine rings is 1. The van der Waals surface area contributed by atoms with Gasteiger partial charge in [0.05, 0.1) is 17.1 Å². The Balaban J connectivity index is 2.94. The van der Waals surface area contributed by atoms with Gasteiger partial charge in [-0.15, -0.1) is 0 Å². The topological polar surface area (TPSA) is 80.1 Å². The predicted molar refractivity (Wildman–Crippen MR) is 73.0 cm³/mol. The first-order chi connectivity index (χ1) is 8.47. The van der Waals surface area contributed by atoms with Crippen LogP contribution in [0.5, 0.6) is 0 Å². The molecule has 18 heavy (non-hydrogen) atoms. The summed E-state index contributed by atoms with van der Waals surface area (Å²) in [5, 5.41) is 16.8. The van der Waals surface area contributed by atoms with E-state index in [1.165, 1.54) is 12.1 Å². The third-order valence-electron chi connectivity index (χ3n) is 3.15. The first kappa shape index (κ1) is 14.2. The summed E-state index contributed by atoms with van der Waals surface area (Å²) >= 11 is 0. The molecule has 0 amide bonds. The first-order valence-electron chi connectivity index (χ1n) is 6.08. The van der Waals surface area contributed by atoms with E-state index >= 15 is 0 Å². The van der Waals surface area contributed by atoms with Crippen LogP contribution in [0.1, 0.15) is 27.2 Å². The molecule has 2 unspecified atom stereocenters. The summed E-state index contributed by atoms with van der Waals surface area (Å²) in [6, 6.07) is 3.09. The average Bonchev–Trinajstić information content (AvgIpc) is 2.36. The molecule has 0 fully saturated rings. The lowest BCUT2D eigenvalue weighted by Gasteiger charge is -2.20. The van der Waals surface area contributed by atoms with E-state index in [1.807, 2.05) is 6.92 Å². The standard InChI is InChI=1S/C12H20N4O2/c1-5-8(2)9(3)14-12-7-10(16(17)18)6-11(13-4)15-12/h6-9H,5H2,1-4H3,(H2,13,14,15). The van der Waals surface area contributed by atoms with Gasteiger partial charge in [-0.3, -0.25) is 10.1 Å². The first-order valence-corrected chi connectivity index (χ1v) is 6.08. The Morgan fingerprint density at radius 2 is 2.00 bits per heavy atom. The molecule has 1 rings (SSSR count). The van der Waals surface area contributed by atoms with Gasteiger partial charge in [-0.2, -0.15) is 0 Å². The molecule has 1 heterocycles. The van der Waals surface area contributed by atoms with Crippen LogP contribution in [0, 0.1) is 16.0 Å². The largest absolute Gasteiger partial charge is 0.373 e. The molecule has 0 aliphatic rings. The summed E-state index contributed by atoms with van der Waals surface area (Å²) in [4.78, 5) is 14.7. The maximum Gasteiger partial charge on any atom is 0.276 e. The second-order valence-electron chi connectivity index (χ2n) is 4.42. The van der Waals surface area contributed by atoms with Gasteiger partial charge in [-0.1, -0.05) is 20.3 Å². The molecule has 0 aliphatic carbocycles. The van der Waals surface area contributed by atoms with Gasteiger partial charge in [0.2, 0.25) is 0 Å². The Hall–Kier alpha value is -1.85. The van der Waals surface area contributed by atoms with E-state index < -0.39 is 4.92 Å². The fourth-order valence-electron chi connectivity index (χ4n) is 1.55. The molecule has 0 spiro atoms. The molecular weight excluding hydrogens is 232 g/mol. The summed E-state index contributed by atoms with van der Waals surface area (Å²) in [5.74, 6) is 1.49. The minimum absolute atomic E-state index is 0.0354. The number of aromatic nitrogens is 1. The van der Waals surface area contributed by atoms with Crippen molar-refractivity contribution in [2.24, 2.45) is 5.92 Å². The van der Waals surface area contributed by atoms with E-state index in [4.69, 9.17) is 0 Å². The summed E-state index contributed by atoms with van der Waals surface area (Å²) in [6.07, 6.45) is 1.04. The number of hydrogen-bond acceptors (Lipinski definition) is 5. The Labute approximate surface area is 107 Å². The van der Waals surface area contributed by atoms with Crippen LogP contribution in [0.3, 0.4) is 0 Å². The maximum absolute atomic E-state index is 10.8. The van der Waals surface area contributed by atoms with Crippen LogP contribution >= 0.6 is 0 Å². The molecular formula is C12H20N4O2. The lowest BCUT2D eigenvalue weighted by Crippen LogP contribution is -2.23. The summed E-state index contributed by atoms with van der Waals surface area (Å²) < 4.78 is 0. The SMILES string of the molecule is CCC(C)C(C)Nc1cc([N+](=O)[O-])cc(NC)n1. The molecule has 0 bridgehead atoms. The molecule has 2 N–H and O–H groups in total. The number of nitrogens with one attached hydrogen (secondary N) is 2. The predicted octanol–water partition coefficient (Wildman–Crippen LogP) is 2.88. The molecule has 100 valence electrons. The second kappa shape index (κ2) is 6.18. The van der Waals surface area contributed by atoms with Crippen molar-refractivity contribution in [2.75, 3.05) is 17.7 Å². The highest BCUT2D eigenvalue weighted by molar-refractivity contribution is 5.54. The van der Waals surface area contributed by atoms with Crippen molar-refractivity contribution in [3.05, 3.63) is 22.2 Å². The summed E-state index contributed by atoms with van der Waals surface area (Å²) in [5.41, 5.74) is 0.0354. The van der Waals surface area contributed by atoms with Crippen molar-refractivity contribution in [2.45, 2.75) is 33.2 Å². The quantitative estimate of drug-likeness (QED) is 0.601. The number of hydrogen-bond donors (Lipinski definition) is 2. The van der Waals surface area contributed by atoms with Crippen molar-refractivity contribution in [1.29, 1.82) is 0 Å². The van der Waals surface area contributed by atoms with Gasteiger partial charge in [0.1, 0.15) is 11.6 Å². The van der Waals surface area contributed by atoms with Crippen LogP contribution in [0.25, 0.3) is 0 Å². The molecule has 0 saturated heterocycles. The zero-order chi connectivity index (χ0) is 13.7. The number of rotatable bonds is 6. The van der Waals surface area contributed by atoms with Crippen LogP contribution in [-0.4, -0.2) is 23.0 Å². The van der Waals surface area contributed by atoms with E-state index in [2.05, 4.69) is 29.5 Å². The molecule has 6 nitrogen and oxygen atoms in total. The van der Waals surface area contributed by atoms with E-state index in [0.29, 0.717) is 17.6 Å². The average molecular weight is 252 g/mol. The van der Waals surface area contributed by atoms with E-state index in [-0.39, 0.29) is 11.7 Å². The molecule has 6 heteroatoms. The molecule has 0 aromatic carbocycles. The van der Waals surface area contributed by atoms with Gasteiger partial charge >= 0.3 is 0 Å². The van der Waals surface area contributed by atoms with E-state index in [0.717, 1.165) is 6.42 Å². The van der Waals surface area contributed by atoms with Gasteiger partial charge in [-0.25, -0.2) is 4.98 Å². The summed E-state index contributed by atoms with van der Waals surface area (Å²) in [7, 11) is 1.69. The molecule has 2 atom stereocenters. The lowest BCUT2D eigenvalue weighted by molar-refractivity contribution is -0.384. The molecule has 1 aromatic heterocycles. The van der Waals surface area contributed by atoms with Crippen LogP contribution in [-0.2, 0) is 0 Å². The van der Waals surface area contributed by atoms with Crippen molar-refractivity contribution in [3.63, 3.8) is 0 Å². The van der Waals surface area contributed by atoms with E-state index in [9.17, 15) is 10.1 Å². The Kier molecular flexibility index (Phi) is 4.88. The fourth-order valence-corrected chi connectivity index (χ4v) is 1.55. The van der Waals surface area contributed by atoms with Gasteiger partial charge < -0.3 is 10.6 Å². The van der Waals surface area contributed by atoms with Crippen LogP contribution in [0.4, 0.5) is 17.3 Å².